The molecule has 5 heteroatoms. The van der Waals surface area contributed by atoms with E-state index in [9.17, 15) is 9.59 Å². The second-order valence-electron chi connectivity index (χ2n) is 7.39. The average Bonchev–Trinajstić information content (AvgIpc) is 2.45. The molecule has 0 radical (unpaired) electrons. The molecule has 0 aromatic rings. The molecule has 134 valence electrons. The molecule has 0 aliphatic heterocycles. The molecular weight excluding hydrogens is 308 g/mol. The molecule has 0 aliphatic rings. The molecular formula is C18H34O4Si. The van der Waals surface area contributed by atoms with Gasteiger partial charge in [-0.05, 0) is 19.3 Å². The maximum Gasteiger partial charge on any atom is 0.331 e. The largest absolute Gasteiger partial charge is 0.478 e. The van der Waals surface area contributed by atoms with Crippen molar-refractivity contribution in [2.24, 2.45) is 0 Å². The second-order valence-corrected chi connectivity index (χ2v) is 13.0. The minimum absolute atomic E-state index is 0.0844. The number of rotatable bonds is 13. The fraction of sp³-hybridized carbons (Fsp3) is 0.778. The Balaban J connectivity index is 4.27. The molecule has 1 atom stereocenters. The molecule has 0 fully saturated rings. The maximum atomic E-state index is 11.7. The topological polar surface area (TPSA) is 63.6 Å². The molecule has 0 spiro atoms. The fourth-order valence-electron chi connectivity index (χ4n) is 2.35. The van der Waals surface area contributed by atoms with Gasteiger partial charge >= 0.3 is 11.9 Å². The minimum atomic E-state index is -1.18. The van der Waals surface area contributed by atoms with Crippen LogP contribution in [0.4, 0.5) is 0 Å². The van der Waals surface area contributed by atoms with Crippen molar-refractivity contribution in [1.82, 2.24) is 0 Å². The third-order valence-corrected chi connectivity index (χ3v) is 5.53. The van der Waals surface area contributed by atoms with E-state index in [1.165, 1.54) is 32.1 Å². The highest BCUT2D eigenvalue weighted by molar-refractivity contribution is 6.76. The summed E-state index contributed by atoms with van der Waals surface area (Å²) in [4.78, 5) is 22.2. The van der Waals surface area contributed by atoms with Gasteiger partial charge in [0.2, 0.25) is 0 Å². The molecule has 23 heavy (non-hydrogen) atoms. The van der Waals surface area contributed by atoms with Crippen LogP contribution < -0.4 is 0 Å². The summed E-state index contributed by atoms with van der Waals surface area (Å²) >= 11 is 0. The highest BCUT2D eigenvalue weighted by Gasteiger charge is 2.19. The Kier molecular flexibility index (Phi) is 11.7. The molecule has 0 saturated heterocycles. The quantitative estimate of drug-likeness (QED) is 0.221. The molecule has 0 aliphatic carbocycles. The van der Waals surface area contributed by atoms with Crippen LogP contribution in [0.15, 0.2) is 12.2 Å². The molecule has 0 saturated carbocycles. The van der Waals surface area contributed by atoms with E-state index in [1.807, 2.05) is 0 Å². The van der Waals surface area contributed by atoms with Crippen molar-refractivity contribution in [2.75, 3.05) is 0 Å². The summed E-state index contributed by atoms with van der Waals surface area (Å²) in [6.45, 7) is 9.12. The molecule has 0 heterocycles. The number of unbranched alkanes of at least 4 members (excludes halogenated alkanes) is 5. The fourth-order valence-corrected chi connectivity index (χ4v) is 3.54. The highest BCUT2D eigenvalue weighted by Crippen LogP contribution is 2.19. The summed E-state index contributed by atoms with van der Waals surface area (Å²) in [5.74, 6) is -1.67. The van der Waals surface area contributed by atoms with Gasteiger partial charge in [0.05, 0.1) is 0 Å². The lowest BCUT2D eigenvalue weighted by atomic mass is 10.1. The number of hydrogen-bond acceptors (Lipinski definition) is 3. The van der Waals surface area contributed by atoms with E-state index in [0.29, 0.717) is 0 Å². The van der Waals surface area contributed by atoms with E-state index >= 15 is 0 Å². The number of esters is 1. The van der Waals surface area contributed by atoms with Gasteiger partial charge in [0, 0.05) is 20.2 Å². The van der Waals surface area contributed by atoms with E-state index in [1.54, 1.807) is 0 Å². The van der Waals surface area contributed by atoms with Crippen LogP contribution in [-0.2, 0) is 14.3 Å². The van der Waals surface area contributed by atoms with Gasteiger partial charge in [-0.15, -0.1) is 0 Å². The van der Waals surface area contributed by atoms with Crippen molar-refractivity contribution >= 4 is 20.0 Å². The van der Waals surface area contributed by atoms with Crippen LogP contribution in [0.3, 0.4) is 0 Å². The number of carboxylic acid groups (broad SMARTS) is 1. The summed E-state index contributed by atoms with van der Waals surface area (Å²) in [5, 5.41) is 8.56. The number of hydrogen-bond donors (Lipinski definition) is 1. The monoisotopic (exact) mass is 342 g/mol. The molecule has 4 nitrogen and oxygen atoms in total. The minimum Gasteiger partial charge on any atom is -0.478 e. The van der Waals surface area contributed by atoms with E-state index in [4.69, 9.17) is 9.84 Å². The van der Waals surface area contributed by atoms with E-state index in [0.717, 1.165) is 37.5 Å². The predicted molar refractivity (Wildman–Crippen MR) is 97.4 cm³/mol. The van der Waals surface area contributed by atoms with Gasteiger partial charge in [0.25, 0.3) is 0 Å². The van der Waals surface area contributed by atoms with Crippen molar-refractivity contribution in [3.8, 4) is 0 Å². The van der Waals surface area contributed by atoms with Gasteiger partial charge in [-0.25, -0.2) is 9.59 Å². The van der Waals surface area contributed by atoms with E-state index in [-0.39, 0.29) is 6.10 Å². The van der Waals surface area contributed by atoms with Crippen LogP contribution in [0.5, 0.6) is 0 Å². The standard InChI is InChI=1S/C18H34O4Si/c1-5-6-7-8-9-10-11-16(14-15-23(2,3)4)22-18(21)13-12-17(19)20/h12-13,16H,5-11,14-15H2,1-4H3,(H,19,20). The number of ether oxygens (including phenoxy) is 1. The first-order chi connectivity index (χ1) is 10.7. The first-order valence-electron chi connectivity index (χ1n) is 8.86. The SMILES string of the molecule is CCCCCCCCC(CC[Si](C)(C)C)OC(=O)C=CC(=O)O. The van der Waals surface area contributed by atoms with Gasteiger partial charge < -0.3 is 9.84 Å². The normalized spacial score (nSPS) is 13.2. The Hall–Kier alpha value is -1.10. The number of carboxylic acids is 1. The second kappa shape index (κ2) is 12.3. The van der Waals surface area contributed by atoms with Crippen LogP contribution in [0.1, 0.15) is 58.3 Å². The summed E-state index contributed by atoms with van der Waals surface area (Å²) in [6, 6.07) is 1.11. The van der Waals surface area contributed by atoms with Crippen LogP contribution in [0.25, 0.3) is 0 Å². The van der Waals surface area contributed by atoms with Gasteiger partial charge in [0.1, 0.15) is 6.10 Å². The highest BCUT2D eigenvalue weighted by atomic mass is 28.3. The van der Waals surface area contributed by atoms with Crippen molar-refractivity contribution in [2.45, 2.75) is 90.1 Å². The van der Waals surface area contributed by atoms with Crippen LogP contribution in [0.2, 0.25) is 25.7 Å². The summed E-state index contributed by atoms with van der Waals surface area (Å²) in [5.41, 5.74) is 0. The van der Waals surface area contributed by atoms with Gasteiger partial charge in [-0.2, -0.15) is 0 Å². The van der Waals surface area contributed by atoms with Gasteiger partial charge in [0.15, 0.2) is 0 Å². The zero-order valence-electron chi connectivity index (χ0n) is 15.3. The Morgan fingerprint density at radius 3 is 2.17 bits per heavy atom. The zero-order valence-corrected chi connectivity index (χ0v) is 16.3. The van der Waals surface area contributed by atoms with E-state index < -0.39 is 20.0 Å². The summed E-state index contributed by atoms with van der Waals surface area (Å²) in [6.07, 6.45) is 10.8. The Morgan fingerprint density at radius 1 is 1.00 bits per heavy atom. The summed E-state index contributed by atoms with van der Waals surface area (Å²) in [7, 11) is -1.18. The third-order valence-electron chi connectivity index (χ3n) is 3.74. The predicted octanol–water partition coefficient (Wildman–Crippen LogP) is 5.02. The lowest BCUT2D eigenvalue weighted by Gasteiger charge is -2.22. The maximum absolute atomic E-state index is 11.7. The van der Waals surface area contributed by atoms with Crippen molar-refractivity contribution < 1.29 is 19.4 Å². The smallest absolute Gasteiger partial charge is 0.331 e. The number of aliphatic carboxylic acids is 1. The lowest BCUT2D eigenvalue weighted by molar-refractivity contribution is -0.144. The van der Waals surface area contributed by atoms with Crippen molar-refractivity contribution in [1.29, 1.82) is 0 Å². The molecule has 0 rings (SSSR count). The Morgan fingerprint density at radius 2 is 1.61 bits per heavy atom. The zero-order chi connectivity index (χ0) is 17.7. The van der Waals surface area contributed by atoms with Crippen LogP contribution >= 0.6 is 0 Å². The molecule has 0 aromatic heterocycles. The molecule has 0 aromatic carbocycles. The van der Waals surface area contributed by atoms with Gasteiger partial charge in [-0.1, -0.05) is 64.7 Å². The summed E-state index contributed by atoms with van der Waals surface area (Å²) < 4.78 is 5.46. The van der Waals surface area contributed by atoms with Gasteiger partial charge in [-0.3, -0.25) is 0 Å². The van der Waals surface area contributed by atoms with Crippen molar-refractivity contribution in [3.63, 3.8) is 0 Å². The Labute approximate surface area is 142 Å². The molecule has 1 N–H and O–H groups in total. The lowest BCUT2D eigenvalue weighted by Crippen LogP contribution is -2.24. The third kappa shape index (κ3) is 15.6. The number of carbonyl (C=O) groups excluding carboxylic acids is 1. The molecule has 0 amide bonds. The first-order valence-corrected chi connectivity index (χ1v) is 12.6. The first kappa shape index (κ1) is 21.9. The Bertz CT molecular complexity index is 372. The molecule has 1 unspecified atom stereocenters. The van der Waals surface area contributed by atoms with Crippen LogP contribution in [0, 0.1) is 0 Å². The average molecular weight is 343 g/mol. The van der Waals surface area contributed by atoms with Crippen molar-refractivity contribution in [3.05, 3.63) is 12.2 Å². The van der Waals surface area contributed by atoms with Crippen LogP contribution in [-0.4, -0.2) is 31.2 Å². The van der Waals surface area contributed by atoms with E-state index in [2.05, 4.69) is 26.6 Å². The molecule has 0 bridgehead atoms. The number of carbonyl (C=O) groups is 2.